The van der Waals surface area contributed by atoms with Crippen LogP contribution in [0.4, 0.5) is 13.2 Å². The lowest BCUT2D eigenvalue weighted by atomic mass is 10.1. The number of hydrogen-bond donors (Lipinski definition) is 0. The number of piperazine rings is 1. The summed E-state index contributed by atoms with van der Waals surface area (Å²) in [7, 11) is 2.10. The van der Waals surface area contributed by atoms with Crippen molar-refractivity contribution in [2.45, 2.75) is 19.2 Å². The van der Waals surface area contributed by atoms with Gasteiger partial charge in [-0.3, -0.25) is 0 Å². The second-order valence-electron chi connectivity index (χ2n) is 5.40. The Morgan fingerprint density at radius 1 is 1.10 bits per heavy atom. The molecule has 1 aliphatic rings. The van der Waals surface area contributed by atoms with Crippen LogP contribution in [-0.4, -0.2) is 55.9 Å². The molecule has 0 atom stereocenters. The fraction of sp³-hybridized carbons (Fsp3) is 0.600. The number of halogens is 3. The highest BCUT2D eigenvalue weighted by Gasteiger charge is 2.31. The van der Waals surface area contributed by atoms with Gasteiger partial charge in [-0.25, -0.2) is 0 Å². The normalized spacial score (nSPS) is 17.9. The van der Waals surface area contributed by atoms with Crippen molar-refractivity contribution in [2.24, 2.45) is 0 Å². The third-order valence-corrected chi connectivity index (χ3v) is 3.71. The maximum Gasteiger partial charge on any atom is 0.573 e. The van der Waals surface area contributed by atoms with Crippen LogP contribution in [0.25, 0.3) is 0 Å². The van der Waals surface area contributed by atoms with E-state index in [9.17, 15) is 13.2 Å². The molecule has 0 radical (unpaired) electrons. The highest BCUT2D eigenvalue weighted by Crippen LogP contribution is 2.27. The maximum atomic E-state index is 12.3. The van der Waals surface area contributed by atoms with Gasteiger partial charge in [0.2, 0.25) is 0 Å². The molecule has 0 amide bonds. The van der Waals surface area contributed by atoms with Gasteiger partial charge in [-0.05, 0) is 38.1 Å². The Morgan fingerprint density at radius 3 is 2.43 bits per heavy atom. The second kappa shape index (κ2) is 7.13. The van der Waals surface area contributed by atoms with Gasteiger partial charge < -0.3 is 14.5 Å². The first-order valence-corrected chi connectivity index (χ1v) is 7.18. The zero-order valence-electron chi connectivity index (χ0n) is 12.2. The molecule has 6 heteroatoms. The topological polar surface area (TPSA) is 15.7 Å². The van der Waals surface area contributed by atoms with Crippen molar-refractivity contribution >= 4 is 0 Å². The fourth-order valence-electron chi connectivity index (χ4n) is 2.50. The Kier molecular flexibility index (Phi) is 5.47. The van der Waals surface area contributed by atoms with Gasteiger partial charge in [-0.15, -0.1) is 13.2 Å². The van der Waals surface area contributed by atoms with Crippen molar-refractivity contribution < 1.29 is 17.9 Å². The van der Waals surface area contributed by atoms with Crippen molar-refractivity contribution in [3.8, 4) is 5.75 Å². The standard InChI is InChI=1S/C15H21F3N2O/c1-19-9-11-20(12-10-19)8-4-6-13-5-2-3-7-14(13)21-15(16,17)18/h2-3,5,7H,4,6,8-12H2,1H3. The summed E-state index contributed by atoms with van der Waals surface area (Å²) in [6, 6.07) is 6.38. The maximum absolute atomic E-state index is 12.3. The predicted molar refractivity (Wildman–Crippen MR) is 75.4 cm³/mol. The largest absolute Gasteiger partial charge is 0.573 e. The summed E-state index contributed by atoms with van der Waals surface area (Å²) in [6.07, 6.45) is -3.20. The number of likely N-dealkylation sites (N-methyl/N-ethyl adjacent to an activating group) is 1. The lowest BCUT2D eigenvalue weighted by molar-refractivity contribution is -0.274. The van der Waals surface area contributed by atoms with Crippen LogP contribution >= 0.6 is 0 Å². The number of ether oxygens (including phenoxy) is 1. The molecule has 0 aliphatic carbocycles. The quantitative estimate of drug-likeness (QED) is 0.832. The Morgan fingerprint density at radius 2 is 1.76 bits per heavy atom. The molecule has 1 fully saturated rings. The van der Waals surface area contributed by atoms with Gasteiger partial charge in [-0.2, -0.15) is 0 Å². The van der Waals surface area contributed by atoms with Gasteiger partial charge in [0, 0.05) is 26.2 Å². The van der Waals surface area contributed by atoms with Gasteiger partial charge in [0.1, 0.15) is 5.75 Å². The number of benzene rings is 1. The number of nitrogens with zero attached hydrogens (tertiary/aromatic N) is 2. The summed E-state index contributed by atoms with van der Waals surface area (Å²) < 4.78 is 41.1. The zero-order chi connectivity index (χ0) is 15.3. The van der Waals surface area contributed by atoms with Crippen LogP contribution in [0.3, 0.4) is 0 Å². The Bertz CT molecular complexity index is 443. The summed E-state index contributed by atoms with van der Waals surface area (Å²) in [5, 5.41) is 0. The van der Waals surface area contributed by atoms with E-state index in [1.165, 1.54) is 6.07 Å². The van der Waals surface area contributed by atoms with Gasteiger partial charge >= 0.3 is 6.36 Å². The number of para-hydroxylation sites is 1. The predicted octanol–water partition coefficient (Wildman–Crippen LogP) is 2.77. The minimum atomic E-state index is -4.63. The first-order chi connectivity index (χ1) is 9.94. The van der Waals surface area contributed by atoms with Gasteiger partial charge in [0.25, 0.3) is 0 Å². The van der Waals surface area contributed by atoms with Crippen LogP contribution < -0.4 is 4.74 Å². The molecule has 118 valence electrons. The molecule has 1 aliphatic heterocycles. The minimum Gasteiger partial charge on any atom is -0.406 e. The van der Waals surface area contributed by atoms with Gasteiger partial charge in [0.05, 0.1) is 0 Å². The van der Waals surface area contributed by atoms with E-state index in [0.717, 1.165) is 39.1 Å². The second-order valence-corrected chi connectivity index (χ2v) is 5.40. The van der Waals surface area contributed by atoms with E-state index in [0.29, 0.717) is 12.0 Å². The number of rotatable bonds is 5. The van der Waals surface area contributed by atoms with E-state index < -0.39 is 6.36 Å². The van der Waals surface area contributed by atoms with Crippen LogP contribution in [0.2, 0.25) is 0 Å². The molecule has 2 rings (SSSR count). The number of aryl methyl sites for hydroxylation is 1. The molecule has 0 spiro atoms. The summed E-state index contributed by atoms with van der Waals surface area (Å²) in [6.45, 7) is 5.06. The van der Waals surface area contributed by atoms with Gasteiger partial charge in [-0.1, -0.05) is 18.2 Å². The third-order valence-electron chi connectivity index (χ3n) is 3.71. The van der Waals surface area contributed by atoms with E-state index in [1.807, 2.05) is 0 Å². The lowest BCUT2D eigenvalue weighted by Crippen LogP contribution is -2.44. The molecule has 1 aromatic rings. The first-order valence-electron chi connectivity index (χ1n) is 7.18. The molecular weight excluding hydrogens is 281 g/mol. The lowest BCUT2D eigenvalue weighted by Gasteiger charge is -2.32. The van der Waals surface area contributed by atoms with E-state index in [2.05, 4.69) is 21.6 Å². The van der Waals surface area contributed by atoms with Crippen molar-refractivity contribution in [1.82, 2.24) is 9.80 Å². The van der Waals surface area contributed by atoms with Crippen LogP contribution in [0.5, 0.6) is 5.75 Å². The molecule has 0 N–H and O–H groups in total. The van der Waals surface area contributed by atoms with Crippen LogP contribution in [0.1, 0.15) is 12.0 Å². The van der Waals surface area contributed by atoms with E-state index in [1.54, 1.807) is 18.2 Å². The molecule has 1 heterocycles. The molecule has 0 saturated carbocycles. The minimum absolute atomic E-state index is 0.0802. The summed E-state index contributed by atoms with van der Waals surface area (Å²) in [4.78, 5) is 4.64. The summed E-state index contributed by atoms with van der Waals surface area (Å²) in [5.74, 6) is -0.0802. The molecule has 0 unspecified atom stereocenters. The average molecular weight is 302 g/mol. The average Bonchev–Trinajstić information content (AvgIpc) is 2.41. The SMILES string of the molecule is CN1CCN(CCCc2ccccc2OC(F)(F)F)CC1. The van der Waals surface area contributed by atoms with Crippen molar-refractivity contribution in [3.05, 3.63) is 29.8 Å². The van der Waals surface area contributed by atoms with Crippen molar-refractivity contribution in [1.29, 1.82) is 0 Å². The molecule has 21 heavy (non-hydrogen) atoms. The van der Waals surface area contributed by atoms with Crippen LogP contribution in [0, 0.1) is 0 Å². The zero-order valence-corrected chi connectivity index (χ0v) is 12.2. The Hall–Kier alpha value is -1.27. The molecule has 1 saturated heterocycles. The number of hydrogen-bond acceptors (Lipinski definition) is 3. The molecule has 0 bridgehead atoms. The fourth-order valence-corrected chi connectivity index (χ4v) is 2.50. The van der Waals surface area contributed by atoms with Gasteiger partial charge in [0.15, 0.2) is 0 Å². The monoisotopic (exact) mass is 302 g/mol. The highest BCUT2D eigenvalue weighted by molar-refractivity contribution is 5.33. The molecule has 0 aromatic heterocycles. The first kappa shape index (κ1) is 16.1. The molecular formula is C15H21F3N2O. The molecule has 1 aromatic carbocycles. The van der Waals surface area contributed by atoms with Crippen molar-refractivity contribution in [3.63, 3.8) is 0 Å². The third kappa shape index (κ3) is 5.55. The molecule has 3 nitrogen and oxygen atoms in total. The number of alkyl halides is 3. The smallest absolute Gasteiger partial charge is 0.406 e. The van der Waals surface area contributed by atoms with E-state index in [-0.39, 0.29) is 5.75 Å². The summed E-state index contributed by atoms with van der Waals surface area (Å²) in [5.41, 5.74) is 0.615. The van der Waals surface area contributed by atoms with Crippen molar-refractivity contribution in [2.75, 3.05) is 39.8 Å². The summed E-state index contributed by atoms with van der Waals surface area (Å²) >= 11 is 0. The van der Waals surface area contributed by atoms with E-state index in [4.69, 9.17) is 0 Å². The van der Waals surface area contributed by atoms with Crippen LogP contribution in [-0.2, 0) is 6.42 Å². The Balaban J connectivity index is 1.83. The van der Waals surface area contributed by atoms with E-state index >= 15 is 0 Å². The Labute approximate surface area is 123 Å². The highest BCUT2D eigenvalue weighted by atomic mass is 19.4. The van der Waals surface area contributed by atoms with Crippen LogP contribution in [0.15, 0.2) is 24.3 Å².